The highest BCUT2D eigenvalue weighted by Crippen LogP contribution is 2.26. The van der Waals surface area contributed by atoms with E-state index in [1.165, 1.54) is 0 Å². The average Bonchev–Trinajstić information content (AvgIpc) is 2.92. The number of aryl methyl sites for hydroxylation is 1. The van der Waals surface area contributed by atoms with Crippen molar-refractivity contribution in [2.24, 2.45) is 0 Å². The molecule has 1 aliphatic heterocycles. The molecule has 0 atom stereocenters. The molecule has 0 radical (unpaired) electrons. The first-order valence-electron chi connectivity index (χ1n) is 6.31. The van der Waals surface area contributed by atoms with Crippen molar-refractivity contribution in [3.63, 3.8) is 0 Å². The van der Waals surface area contributed by atoms with E-state index in [1.54, 1.807) is 22.9 Å². The number of rotatable bonds is 2. The minimum atomic E-state index is -0.295. The van der Waals surface area contributed by atoms with Gasteiger partial charge in [0.2, 0.25) is 0 Å². The van der Waals surface area contributed by atoms with Crippen LogP contribution in [0.25, 0.3) is 11.8 Å². The Labute approximate surface area is 141 Å². The fraction of sp³-hybridized carbons (Fsp3) is 0.0714. The van der Waals surface area contributed by atoms with Crippen LogP contribution in [0.5, 0.6) is 0 Å². The number of carbonyl (C=O) groups is 1. The number of carbonyl (C=O) groups excluding carboxylic acids is 1. The first kappa shape index (κ1) is 15.0. The van der Waals surface area contributed by atoms with Crippen LogP contribution in [0.3, 0.4) is 0 Å². The lowest BCUT2D eigenvalue weighted by molar-refractivity contribution is -0.115. The van der Waals surface area contributed by atoms with Crippen molar-refractivity contribution in [1.29, 1.82) is 0 Å². The molecule has 0 bridgehead atoms. The van der Waals surface area contributed by atoms with Gasteiger partial charge in [0.1, 0.15) is 10.9 Å². The van der Waals surface area contributed by atoms with E-state index in [-0.39, 0.29) is 11.0 Å². The zero-order chi connectivity index (χ0) is 15.9. The first-order valence-corrected chi connectivity index (χ1v) is 7.47. The minimum Gasteiger partial charge on any atom is -0.328 e. The lowest BCUT2D eigenvalue weighted by Gasteiger charge is -2.03. The van der Waals surface area contributed by atoms with Gasteiger partial charge in [0.15, 0.2) is 5.11 Å². The standard InChI is InChI=1S/C14H10Cl2N4OS/c1-7-10(6-11-13(21)18-14(22)17-11)12(16)20(19-7)9-4-2-3-8(15)5-9/h2-6H,1H3,(H2,17,18,21,22). The molecule has 1 fully saturated rings. The smallest absolute Gasteiger partial charge is 0.273 e. The van der Waals surface area contributed by atoms with E-state index in [4.69, 9.17) is 35.4 Å². The Bertz CT molecular complexity index is 828. The molecular weight excluding hydrogens is 343 g/mol. The molecule has 8 heteroatoms. The van der Waals surface area contributed by atoms with Crippen LogP contribution in [-0.4, -0.2) is 20.8 Å². The quantitative estimate of drug-likeness (QED) is 0.644. The van der Waals surface area contributed by atoms with E-state index in [9.17, 15) is 4.79 Å². The normalized spacial score (nSPS) is 16.0. The molecule has 1 aromatic carbocycles. The Morgan fingerprint density at radius 1 is 1.32 bits per heavy atom. The molecule has 1 aromatic heterocycles. The zero-order valence-electron chi connectivity index (χ0n) is 11.4. The number of halogens is 2. The lowest BCUT2D eigenvalue weighted by atomic mass is 10.2. The van der Waals surface area contributed by atoms with Crippen LogP contribution in [-0.2, 0) is 4.79 Å². The van der Waals surface area contributed by atoms with Gasteiger partial charge in [0.25, 0.3) is 5.91 Å². The third-order valence-corrected chi connectivity index (χ3v) is 3.91. The Balaban J connectivity index is 2.06. The van der Waals surface area contributed by atoms with Gasteiger partial charge in [0, 0.05) is 10.6 Å². The van der Waals surface area contributed by atoms with Gasteiger partial charge in [-0.1, -0.05) is 29.3 Å². The number of nitrogens with one attached hydrogen (secondary N) is 2. The van der Waals surface area contributed by atoms with Gasteiger partial charge >= 0.3 is 0 Å². The highest BCUT2D eigenvalue weighted by Gasteiger charge is 2.22. The fourth-order valence-electron chi connectivity index (χ4n) is 2.08. The monoisotopic (exact) mass is 352 g/mol. The summed E-state index contributed by atoms with van der Waals surface area (Å²) in [6, 6.07) is 7.18. The molecule has 1 aliphatic rings. The van der Waals surface area contributed by atoms with E-state index in [0.29, 0.717) is 27.1 Å². The number of hydrogen-bond acceptors (Lipinski definition) is 3. The third kappa shape index (κ3) is 2.72. The SMILES string of the molecule is Cc1nn(-c2cccc(Cl)c2)c(Cl)c1C=C1NC(=S)NC1=O. The molecule has 5 nitrogen and oxygen atoms in total. The highest BCUT2D eigenvalue weighted by atomic mass is 35.5. The van der Waals surface area contributed by atoms with Crippen LogP contribution < -0.4 is 10.6 Å². The molecule has 3 rings (SSSR count). The summed E-state index contributed by atoms with van der Waals surface area (Å²) in [6.45, 7) is 1.81. The van der Waals surface area contributed by atoms with Crippen molar-refractivity contribution < 1.29 is 4.79 Å². The molecule has 0 spiro atoms. The molecular formula is C14H10Cl2N4OS. The minimum absolute atomic E-state index is 0.271. The van der Waals surface area contributed by atoms with Crippen LogP contribution in [0, 0.1) is 6.92 Å². The van der Waals surface area contributed by atoms with Gasteiger partial charge < -0.3 is 5.32 Å². The van der Waals surface area contributed by atoms with Crippen molar-refractivity contribution >= 4 is 52.5 Å². The van der Waals surface area contributed by atoms with E-state index < -0.39 is 0 Å². The van der Waals surface area contributed by atoms with E-state index in [2.05, 4.69) is 15.7 Å². The third-order valence-electron chi connectivity index (χ3n) is 3.11. The molecule has 2 N–H and O–H groups in total. The molecule has 1 amide bonds. The number of thiocarbonyl (C=S) groups is 1. The summed E-state index contributed by atoms with van der Waals surface area (Å²) in [5.41, 5.74) is 2.40. The van der Waals surface area contributed by atoms with Gasteiger partial charge in [-0.3, -0.25) is 10.1 Å². The average molecular weight is 353 g/mol. The summed E-state index contributed by atoms with van der Waals surface area (Å²) in [5.74, 6) is -0.295. The van der Waals surface area contributed by atoms with Crippen LogP contribution >= 0.6 is 35.4 Å². The summed E-state index contributed by atoms with van der Waals surface area (Å²) < 4.78 is 1.57. The molecule has 2 heterocycles. The second-order valence-electron chi connectivity index (χ2n) is 4.65. The summed E-state index contributed by atoms with van der Waals surface area (Å²) in [7, 11) is 0. The number of amides is 1. The number of benzene rings is 1. The van der Waals surface area contributed by atoms with Gasteiger partial charge in [-0.2, -0.15) is 5.10 Å². The van der Waals surface area contributed by atoms with E-state index >= 15 is 0 Å². The molecule has 0 aliphatic carbocycles. The van der Waals surface area contributed by atoms with E-state index in [1.807, 2.05) is 19.1 Å². The van der Waals surface area contributed by atoms with Crippen LogP contribution in [0.2, 0.25) is 10.2 Å². The maximum absolute atomic E-state index is 11.7. The molecule has 0 unspecified atom stereocenters. The van der Waals surface area contributed by atoms with Crippen LogP contribution in [0.1, 0.15) is 11.3 Å². The summed E-state index contributed by atoms with van der Waals surface area (Å²) in [6.07, 6.45) is 1.63. The van der Waals surface area contributed by atoms with Crippen molar-refractivity contribution in [3.8, 4) is 5.69 Å². The Morgan fingerprint density at radius 2 is 2.09 bits per heavy atom. The number of nitrogens with zero attached hydrogens (tertiary/aromatic N) is 2. The van der Waals surface area contributed by atoms with Crippen molar-refractivity contribution in [2.45, 2.75) is 6.92 Å². The van der Waals surface area contributed by atoms with Crippen molar-refractivity contribution in [2.75, 3.05) is 0 Å². The zero-order valence-corrected chi connectivity index (χ0v) is 13.7. The highest BCUT2D eigenvalue weighted by molar-refractivity contribution is 7.80. The predicted octanol–water partition coefficient (Wildman–Crippen LogP) is 2.83. The predicted molar refractivity (Wildman–Crippen MR) is 90.2 cm³/mol. The molecule has 1 saturated heterocycles. The molecule has 2 aromatic rings. The maximum Gasteiger partial charge on any atom is 0.273 e. The second kappa shape index (κ2) is 5.72. The van der Waals surface area contributed by atoms with Crippen molar-refractivity contribution in [3.05, 3.63) is 51.4 Å². The Kier molecular flexibility index (Phi) is 3.90. The number of aromatic nitrogens is 2. The summed E-state index contributed by atoms with van der Waals surface area (Å²) in [5, 5.41) is 10.9. The lowest BCUT2D eigenvalue weighted by Crippen LogP contribution is -2.21. The van der Waals surface area contributed by atoms with Crippen LogP contribution in [0.15, 0.2) is 30.0 Å². The van der Waals surface area contributed by atoms with Crippen LogP contribution in [0.4, 0.5) is 0 Å². The second-order valence-corrected chi connectivity index (χ2v) is 5.85. The van der Waals surface area contributed by atoms with Gasteiger partial charge in [-0.25, -0.2) is 4.68 Å². The van der Waals surface area contributed by atoms with Gasteiger partial charge in [0.05, 0.1) is 11.4 Å². The summed E-state index contributed by atoms with van der Waals surface area (Å²) >= 11 is 17.3. The van der Waals surface area contributed by atoms with Crippen molar-refractivity contribution in [1.82, 2.24) is 20.4 Å². The molecule has 0 saturated carbocycles. The van der Waals surface area contributed by atoms with Gasteiger partial charge in [-0.05, 0) is 43.4 Å². The Hall–Kier alpha value is -1.89. The first-order chi connectivity index (χ1) is 10.5. The largest absolute Gasteiger partial charge is 0.328 e. The molecule has 112 valence electrons. The number of hydrogen-bond donors (Lipinski definition) is 2. The Morgan fingerprint density at radius 3 is 2.73 bits per heavy atom. The van der Waals surface area contributed by atoms with Gasteiger partial charge in [-0.15, -0.1) is 0 Å². The maximum atomic E-state index is 11.7. The summed E-state index contributed by atoms with van der Waals surface area (Å²) in [4.78, 5) is 11.7. The molecule has 22 heavy (non-hydrogen) atoms. The fourth-order valence-corrected chi connectivity index (χ4v) is 2.79. The topological polar surface area (TPSA) is 59.0 Å². The van der Waals surface area contributed by atoms with E-state index in [0.717, 1.165) is 5.69 Å².